The summed E-state index contributed by atoms with van der Waals surface area (Å²) in [5, 5.41) is 8.63. The van der Waals surface area contributed by atoms with Gasteiger partial charge in [-0.15, -0.1) is 0 Å². The van der Waals surface area contributed by atoms with Gasteiger partial charge in [-0.25, -0.2) is 0 Å². The van der Waals surface area contributed by atoms with Gasteiger partial charge in [0.15, 0.2) is 5.11 Å². The standard InChI is InChI=1S/C23H29N3O4S/c1-5-29-14-15-30-19-9-7-6-8-18(19)21(28)25-22(31)24-17-12-10-16(11-13-17)20(27)26-23(2,3)4/h6-13H,5,14-15H2,1-4H3,(H,26,27)(H2,24,25,28,31). The van der Waals surface area contributed by atoms with Gasteiger partial charge < -0.3 is 20.1 Å². The normalized spacial score (nSPS) is 10.8. The molecule has 0 saturated carbocycles. The molecule has 0 aliphatic heterocycles. The zero-order valence-electron chi connectivity index (χ0n) is 18.3. The van der Waals surface area contributed by atoms with Crippen molar-refractivity contribution < 1.29 is 19.1 Å². The second kappa shape index (κ2) is 11.4. The summed E-state index contributed by atoms with van der Waals surface area (Å²) in [6, 6.07) is 13.8. The van der Waals surface area contributed by atoms with Gasteiger partial charge in [0.1, 0.15) is 12.4 Å². The molecule has 2 rings (SSSR count). The molecule has 0 aliphatic rings. The number of carbonyl (C=O) groups is 2. The van der Waals surface area contributed by atoms with E-state index in [1.54, 1.807) is 48.5 Å². The zero-order chi connectivity index (χ0) is 22.9. The molecule has 0 saturated heterocycles. The van der Waals surface area contributed by atoms with Crippen LogP contribution < -0.4 is 20.7 Å². The second-order valence-electron chi connectivity index (χ2n) is 7.73. The summed E-state index contributed by atoms with van der Waals surface area (Å²) >= 11 is 5.25. The van der Waals surface area contributed by atoms with Crippen LogP contribution in [0.15, 0.2) is 48.5 Å². The van der Waals surface area contributed by atoms with Crippen LogP contribution in [0.2, 0.25) is 0 Å². The van der Waals surface area contributed by atoms with Crippen molar-refractivity contribution in [2.24, 2.45) is 0 Å². The van der Waals surface area contributed by atoms with Gasteiger partial charge in [0.05, 0.1) is 12.2 Å². The minimum atomic E-state index is -0.384. The molecule has 0 spiro atoms. The van der Waals surface area contributed by atoms with E-state index >= 15 is 0 Å². The van der Waals surface area contributed by atoms with Gasteiger partial charge in [-0.3, -0.25) is 14.9 Å². The van der Waals surface area contributed by atoms with Crippen LogP contribution in [0, 0.1) is 0 Å². The van der Waals surface area contributed by atoms with Crippen LogP contribution in [0.4, 0.5) is 5.69 Å². The van der Waals surface area contributed by atoms with Crippen molar-refractivity contribution in [1.82, 2.24) is 10.6 Å². The molecule has 7 nitrogen and oxygen atoms in total. The lowest BCUT2D eigenvalue weighted by Crippen LogP contribution is -2.40. The van der Waals surface area contributed by atoms with Crippen LogP contribution in [0.25, 0.3) is 0 Å². The first-order valence-electron chi connectivity index (χ1n) is 10.0. The lowest BCUT2D eigenvalue weighted by atomic mass is 10.1. The molecule has 0 aromatic heterocycles. The van der Waals surface area contributed by atoms with Crippen LogP contribution in [0.3, 0.4) is 0 Å². The number of para-hydroxylation sites is 1. The highest BCUT2D eigenvalue weighted by atomic mass is 32.1. The third kappa shape index (κ3) is 8.35. The number of benzene rings is 2. The Morgan fingerprint density at radius 2 is 1.65 bits per heavy atom. The van der Waals surface area contributed by atoms with E-state index in [-0.39, 0.29) is 22.5 Å². The average molecular weight is 444 g/mol. The summed E-state index contributed by atoms with van der Waals surface area (Å²) in [7, 11) is 0. The fourth-order valence-corrected chi connectivity index (χ4v) is 2.80. The van der Waals surface area contributed by atoms with Gasteiger partial charge in [0.2, 0.25) is 0 Å². The van der Waals surface area contributed by atoms with Crippen LogP contribution in [-0.2, 0) is 4.74 Å². The number of thiocarbonyl (C=S) groups is 1. The van der Waals surface area contributed by atoms with E-state index in [4.69, 9.17) is 21.7 Å². The smallest absolute Gasteiger partial charge is 0.261 e. The molecule has 2 amide bonds. The number of hydrogen-bond acceptors (Lipinski definition) is 5. The summed E-state index contributed by atoms with van der Waals surface area (Å²) in [5.41, 5.74) is 1.24. The molecule has 2 aromatic carbocycles. The zero-order valence-corrected chi connectivity index (χ0v) is 19.1. The summed E-state index contributed by atoms with van der Waals surface area (Å²) in [6.07, 6.45) is 0. The van der Waals surface area contributed by atoms with Crippen molar-refractivity contribution >= 4 is 34.8 Å². The van der Waals surface area contributed by atoms with E-state index < -0.39 is 0 Å². The molecule has 166 valence electrons. The van der Waals surface area contributed by atoms with E-state index in [9.17, 15) is 9.59 Å². The highest BCUT2D eigenvalue weighted by molar-refractivity contribution is 7.80. The Hall–Kier alpha value is -2.97. The quantitative estimate of drug-likeness (QED) is 0.425. The van der Waals surface area contributed by atoms with Gasteiger partial charge in [-0.2, -0.15) is 0 Å². The summed E-state index contributed by atoms with van der Waals surface area (Å²) < 4.78 is 10.9. The topological polar surface area (TPSA) is 88.7 Å². The first-order chi connectivity index (χ1) is 14.7. The maximum Gasteiger partial charge on any atom is 0.261 e. The number of ether oxygens (including phenoxy) is 2. The largest absolute Gasteiger partial charge is 0.490 e. The number of rotatable bonds is 8. The van der Waals surface area contributed by atoms with E-state index in [0.717, 1.165) is 0 Å². The first-order valence-corrected chi connectivity index (χ1v) is 10.4. The Morgan fingerprint density at radius 3 is 2.29 bits per heavy atom. The number of amides is 2. The molecule has 8 heteroatoms. The average Bonchev–Trinajstić information content (AvgIpc) is 2.70. The Bertz CT molecular complexity index is 908. The van der Waals surface area contributed by atoms with Crippen molar-refractivity contribution in [3.05, 3.63) is 59.7 Å². The van der Waals surface area contributed by atoms with E-state index in [1.165, 1.54) is 0 Å². The maximum absolute atomic E-state index is 12.6. The van der Waals surface area contributed by atoms with Crippen molar-refractivity contribution in [3.63, 3.8) is 0 Å². The molecule has 3 N–H and O–H groups in total. The molecule has 0 radical (unpaired) electrons. The lowest BCUT2D eigenvalue weighted by molar-refractivity contribution is 0.0918. The van der Waals surface area contributed by atoms with Crippen molar-refractivity contribution in [3.8, 4) is 5.75 Å². The molecule has 31 heavy (non-hydrogen) atoms. The van der Waals surface area contributed by atoms with E-state index in [1.807, 2.05) is 27.7 Å². The lowest BCUT2D eigenvalue weighted by Gasteiger charge is -2.20. The van der Waals surface area contributed by atoms with Crippen LogP contribution in [0.5, 0.6) is 5.75 Å². The van der Waals surface area contributed by atoms with Gasteiger partial charge in [-0.05, 0) is 76.3 Å². The number of nitrogens with one attached hydrogen (secondary N) is 3. The number of anilines is 1. The van der Waals surface area contributed by atoms with Crippen molar-refractivity contribution in [2.75, 3.05) is 25.1 Å². The molecule has 0 atom stereocenters. The predicted molar refractivity (Wildman–Crippen MR) is 126 cm³/mol. The Morgan fingerprint density at radius 1 is 0.968 bits per heavy atom. The maximum atomic E-state index is 12.6. The molecule has 0 unspecified atom stereocenters. The van der Waals surface area contributed by atoms with E-state index in [2.05, 4.69) is 16.0 Å². The molecular weight excluding hydrogens is 414 g/mol. The van der Waals surface area contributed by atoms with Gasteiger partial charge >= 0.3 is 0 Å². The molecular formula is C23H29N3O4S. The highest BCUT2D eigenvalue weighted by Crippen LogP contribution is 2.18. The minimum Gasteiger partial charge on any atom is -0.490 e. The number of carbonyl (C=O) groups excluding carboxylic acids is 2. The summed E-state index contributed by atoms with van der Waals surface area (Å²) in [6.45, 7) is 9.06. The third-order valence-corrected chi connectivity index (χ3v) is 4.15. The highest BCUT2D eigenvalue weighted by Gasteiger charge is 2.16. The third-order valence-electron chi connectivity index (χ3n) is 3.94. The minimum absolute atomic E-state index is 0.140. The fourth-order valence-electron chi connectivity index (χ4n) is 2.59. The molecule has 0 heterocycles. The predicted octanol–water partition coefficient (Wildman–Crippen LogP) is 3.76. The molecule has 0 fully saturated rings. The van der Waals surface area contributed by atoms with Gasteiger partial charge in [0.25, 0.3) is 11.8 Å². The summed E-state index contributed by atoms with van der Waals surface area (Å²) in [4.78, 5) is 24.8. The first kappa shape index (κ1) is 24.3. The van der Waals surface area contributed by atoms with Crippen LogP contribution in [0.1, 0.15) is 48.4 Å². The van der Waals surface area contributed by atoms with Crippen LogP contribution >= 0.6 is 12.2 Å². The number of hydrogen-bond donors (Lipinski definition) is 3. The van der Waals surface area contributed by atoms with Gasteiger partial charge in [0, 0.05) is 23.4 Å². The monoisotopic (exact) mass is 443 g/mol. The molecule has 0 aliphatic carbocycles. The second-order valence-corrected chi connectivity index (χ2v) is 8.14. The van der Waals surface area contributed by atoms with Crippen molar-refractivity contribution in [2.45, 2.75) is 33.2 Å². The van der Waals surface area contributed by atoms with Crippen LogP contribution in [-0.4, -0.2) is 42.3 Å². The Balaban J connectivity index is 1.94. The molecule has 0 bridgehead atoms. The fraction of sp³-hybridized carbons (Fsp3) is 0.348. The van der Waals surface area contributed by atoms with Gasteiger partial charge in [-0.1, -0.05) is 12.1 Å². The van der Waals surface area contributed by atoms with E-state index in [0.29, 0.717) is 42.4 Å². The van der Waals surface area contributed by atoms with Crippen molar-refractivity contribution in [1.29, 1.82) is 0 Å². The Labute approximate surface area is 188 Å². The SMILES string of the molecule is CCOCCOc1ccccc1C(=O)NC(=S)Nc1ccc(C(=O)NC(C)(C)C)cc1. The Kier molecular flexibility index (Phi) is 8.96. The molecule has 2 aromatic rings. The summed E-state index contributed by atoms with van der Waals surface area (Å²) in [5.74, 6) is -0.0849.